The molecule has 0 saturated heterocycles. The summed E-state index contributed by atoms with van der Waals surface area (Å²) in [5, 5.41) is 17.4. The molecule has 4 nitrogen and oxygen atoms in total. The van der Waals surface area contributed by atoms with Crippen LogP contribution in [0.1, 0.15) is 12.0 Å². The van der Waals surface area contributed by atoms with E-state index in [-0.39, 0.29) is 12.8 Å². The van der Waals surface area contributed by atoms with Crippen molar-refractivity contribution in [2.45, 2.75) is 12.8 Å². The molecule has 90 valence electrons. The fraction of sp³-hybridized carbons (Fsp3) is 0.333. The van der Waals surface area contributed by atoms with Gasteiger partial charge in [0, 0.05) is 0 Å². The van der Waals surface area contributed by atoms with Gasteiger partial charge in [0.15, 0.2) is 0 Å². The Morgan fingerprint density at radius 3 is 2.88 bits per heavy atom. The number of carbonyl (C=O) groups is 1. The van der Waals surface area contributed by atoms with Crippen LogP contribution in [-0.2, 0) is 11.2 Å². The molecule has 0 aliphatic heterocycles. The molecule has 5 heteroatoms. The summed E-state index contributed by atoms with van der Waals surface area (Å²) >= 11 is 0. The van der Waals surface area contributed by atoms with Crippen LogP contribution in [0.3, 0.4) is 0 Å². The van der Waals surface area contributed by atoms with Gasteiger partial charge in [-0.1, -0.05) is 0 Å². The van der Waals surface area contributed by atoms with Crippen LogP contribution in [0.25, 0.3) is 0 Å². The molecule has 1 aromatic rings. The third-order valence-electron chi connectivity index (χ3n) is 2.31. The van der Waals surface area contributed by atoms with E-state index in [1.807, 2.05) is 6.07 Å². The van der Waals surface area contributed by atoms with E-state index in [0.717, 1.165) is 0 Å². The van der Waals surface area contributed by atoms with Gasteiger partial charge in [-0.25, -0.2) is 4.39 Å². The molecule has 0 radical (unpaired) electrons. The number of halogens is 1. The largest absolute Gasteiger partial charge is 0.496 e. The minimum absolute atomic E-state index is 0.156. The molecule has 1 rings (SSSR count). The first-order valence-corrected chi connectivity index (χ1v) is 5.00. The third kappa shape index (κ3) is 3.76. The number of nitrogens with zero attached hydrogens (tertiary/aromatic N) is 1. The average molecular weight is 237 g/mol. The van der Waals surface area contributed by atoms with E-state index in [9.17, 15) is 9.18 Å². The van der Waals surface area contributed by atoms with Crippen LogP contribution >= 0.6 is 0 Å². The molecule has 0 amide bonds. The Morgan fingerprint density at radius 1 is 1.65 bits per heavy atom. The van der Waals surface area contributed by atoms with Gasteiger partial charge in [-0.15, -0.1) is 0 Å². The fourth-order valence-electron chi connectivity index (χ4n) is 1.55. The smallest absolute Gasteiger partial charge is 0.304 e. The maximum Gasteiger partial charge on any atom is 0.304 e. The lowest BCUT2D eigenvalue weighted by molar-refractivity contribution is -0.137. The van der Waals surface area contributed by atoms with E-state index in [4.69, 9.17) is 15.1 Å². The maximum absolute atomic E-state index is 13.0. The number of hydrogen-bond donors (Lipinski definition) is 1. The van der Waals surface area contributed by atoms with Crippen molar-refractivity contribution in [3.63, 3.8) is 0 Å². The predicted molar refractivity (Wildman–Crippen MR) is 58.0 cm³/mol. The second kappa shape index (κ2) is 5.85. The summed E-state index contributed by atoms with van der Waals surface area (Å²) in [5.74, 6) is -1.72. The number of benzene rings is 1. The van der Waals surface area contributed by atoms with Crippen LogP contribution in [0.15, 0.2) is 18.2 Å². The number of nitriles is 1. The van der Waals surface area contributed by atoms with Crippen LogP contribution < -0.4 is 4.74 Å². The molecular weight excluding hydrogens is 225 g/mol. The van der Waals surface area contributed by atoms with Crippen LogP contribution in [0.5, 0.6) is 5.75 Å². The summed E-state index contributed by atoms with van der Waals surface area (Å²) in [7, 11) is 1.44. The Kier molecular flexibility index (Phi) is 4.46. The van der Waals surface area contributed by atoms with Crippen molar-refractivity contribution in [3.05, 3.63) is 29.6 Å². The van der Waals surface area contributed by atoms with E-state index < -0.39 is 17.7 Å². The molecule has 17 heavy (non-hydrogen) atoms. The molecule has 0 aliphatic rings. The van der Waals surface area contributed by atoms with E-state index in [1.54, 1.807) is 0 Å². The zero-order chi connectivity index (χ0) is 12.8. The molecule has 1 unspecified atom stereocenters. The number of hydrogen-bond acceptors (Lipinski definition) is 3. The van der Waals surface area contributed by atoms with Crippen molar-refractivity contribution in [2.24, 2.45) is 5.92 Å². The zero-order valence-electron chi connectivity index (χ0n) is 9.31. The Morgan fingerprint density at radius 2 is 2.35 bits per heavy atom. The highest BCUT2D eigenvalue weighted by molar-refractivity contribution is 5.67. The summed E-state index contributed by atoms with van der Waals surface area (Å²) in [6, 6.07) is 5.86. The second-order valence-corrected chi connectivity index (χ2v) is 3.58. The van der Waals surface area contributed by atoms with Gasteiger partial charge in [-0.2, -0.15) is 5.26 Å². The van der Waals surface area contributed by atoms with Crippen molar-refractivity contribution < 1.29 is 19.0 Å². The second-order valence-electron chi connectivity index (χ2n) is 3.58. The van der Waals surface area contributed by atoms with Gasteiger partial charge in [-0.05, 0) is 30.2 Å². The van der Waals surface area contributed by atoms with Gasteiger partial charge in [0.05, 0.1) is 25.5 Å². The standard InChI is InChI=1S/C12H12FNO3/c1-17-11-3-2-10(13)6-9(11)4-8(7-14)5-12(15)16/h2-3,6,8H,4-5H2,1H3,(H,15,16). The Labute approximate surface area is 98.2 Å². The number of carboxylic acids is 1. The Hall–Kier alpha value is -2.09. The fourth-order valence-corrected chi connectivity index (χ4v) is 1.55. The Balaban J connectivity index is 2.89. The lowest BCUT2D eigenvalue weighted by atomic mass is 9.97. The van der Waals surface area contributed by atoms with Crippen molar-refractivity contribution in [1.82, 2.24) is 0 Å². The highest BCUT2D eigenvalue weighted by atomic mass is 19.1. The predicted octanol–water partition coefficient (Wildman–Crippen LogP) is 1.99. The number of rotatable bonds is 5. The van der Waals surface area contributed by atoms with Gasteiger partial charge in [-0.3, -0.25) is 4.79 Å². The van der Waals surface area contributed by atoms with Crippen LogP contribution in [-0.4, -0.2) is 18.2 Å². The molecule has 0 aliphatic carbocycles. The van der Waals surface area contributed by atoms with Gasteiger partial charge in [0.1, 0.15) is 11.6 Å². The summed E-state index contributed by atoms with van der Waals surface area (Å²) in [4.78, 5) is 10.5. The molecule has 1 aromatic carbocycles. The SMILES string of the molecule is COc1ccc(F)cc1CC(C#N)CC(=O)O. The normalized spacial score (nSPS) is 11.6. The summed E-state index contributed by atoms with van der Waals surface area (Å²) in [6.45, 7) is 0. The molecule has 0 bridgehead atoms. The summed E-state index contributed by atoms with van der Waals surface area (Å²) in [5.41, 5.74) is 0.500. The summed E-state index contributed by atoms with van der Waals surface area (Å²) < 4.78 is 18.1. The number of carboxylic acid groups (broad SMARTS) is 1. The van der Waals surface area contributed by atoms with Gasteiger partial charge in [0.25, 0.3) is 0 Å². The molecule has 0 spiro atoms. The van der Waals surface area contributed by atoms with Gasteiger partial charge < -0.3 is 9.84 Å². The van der Waals surface area contributed by atoms with Crippen LogP contribution in [0.4, 0.5) is 4.39 Å². The summed E-state index contributed by atoms with van der Waals surface area (Å²) in [6.07, 6.45) is -0.111. The average Bonchev–Trinajstić information content (AvgIpc) is 2.28. The van der Waals surface area contributed by atoms with E-state index in [2.05, 4.69) is 0 Å². The number of methoxy groups -OCH3 is 1. The molecule has 0 saturated carbocycles. The van der Waals surface area contributed by atoms with Gasteiger partial charge >= 0.3 is 5.97 Å². The van der Waals surface area contributed by atoms with Crippen molar-refractivity contribution in [1.29, 1.82) is 5.26 Å². The molecular formula is C12H12FNO3. The lowest BCUT2D eigenvalue weighted by Crippen LogP contribution is -2.09. The highest BCUT2D eigenvalue weighted by Crippen LogP contribution is 2.23. The molecule has 0 aromatic heterocycles. The van der Waals surface area contributed by atoms with E-state index in [0.29, 0.717) is 11.3 Å². The number of aliphatic carboxylic acids is 1. The number of ether oxygens (including phenoxy) is 1. The Bertz CT molecular complexity index is 454. The van der Waals surface area contributed by atoms with E-state index in [1.165, 1.54) is 25.3 Å². The minimum atomic E-state index is -1.05. The quantitative estimate of drug-likeness (QED) is 0.850. The third-order valence-corrected chi connectivity index (χ3v) is 2.31. The first kappa shape index (κ1) is 13.0. The van der Waals surface area contributed by atoms with E-state index >= 15 is 0 Å². The molecule has 1 atom stereocenters. The van der Waals surface area contributed by atoms with Crippen LogP contribution in [0, 0.1) is 23.1 Å². The topological polar surface area (TPSA) is 70.3 Å². The van der Waals surface area contributed by atoms with Crippen molar-refractivity contribution in [3.8, 4) is 11.8 Å². The van der Waals surface area contributed by atoms with Gasteiger partial charge in [0.2, 0.25) is 0 Å². The maximum atomic E-state index is 13.0. The van der Waals surface area contributed by atoms with Crippen molar-refractivity contribution in [2.75, 3.05) is 7.11 Å². The molecule has 1 N–H and O–H groups in total. The lowest BCUT2D eigenvalue weighted by Gasteiger charge is -2.10. The molecule has 0 heterocycles. The van der Waals surface area contributed by atoms with Crippen molar-refractivity contribution >= 4 is 5.97 Å². The minimum Gasteiger partial charge on any atom is -0.496 e. The molecule has 0 fully saturated rings. The monoisotopic (exact) mass is 237 g/mol. The first-order chi connectivity index (χ1) is 8.06. The van der Waals surface area contributed by atoms with Crippen LogP contribution in [0.2, 0.25) is 0 Å². The first-order valence-electron chi connectivity index (χ1n) is 5.00. The zero-order valence-corrected chi connectivity index (χ0v) is 9.31. The highest BCUT2D eigenvalue weighted by Gasteiger charge is 2.16.